The van der Waals surface area contributed by atoms with Gasteiger partial charge in [0.05, 0.1) is 19.3 Å². The molecule has 0 saturated heterocycles. The maximum atomic E-state index is 12.1. The van der Waals surface area contributed by atoms with Gasteiger partial charge in [-0.05, 0) is 38.7 Å². The zero-order valence-electron chi connectivity index (χ0n) is 19.6. The predicted molar refractivity (Wildman–Crippen MR) is 125 cm³/mol. The number of carbonyl (C=O) groups is 1. The molecule has 0 aliphatic carbocycles. The number of benzene rings is 1. The third-order valence-electron chi connectivity index (χ3n) is 5.40. The Morgan fingerprint density at radius 3 is 2.65 bits per heavy atom. The molecule has 1 N–H and O–H groups in total. The topological polar surface area (TPSA) is 72.3 Å². The van der Waals surface area contributed by atoms with Crippen LogP contribution in [0.4, 0.5) is 0 Å². The van der Waals surface area contributed by atoms with Crippen molar-refractivity contribution in [2.24, 2.45) is 0 Å². The predicted octanol–water partition coefficient (Wildman–Crippen LogP) is 3.54. The molecule has 0 atom stereocenters. The Balaban J connectivity index is 1.80. The standard InChI is InChI=1S/C24H39N5O2/c1-5-6-7-9-21-10-12-22(13-11-21)23-18-29(27-26-23)16-8-15-28(20(2)3)19-24(30)25-14-17-31-4/h10-13,18,20H,5-9,14-17,19H2,1-4H3,(H,25,30). The second-order valence-electron chi connectivity index (χ2n) is 8.28. The molecule has 0 bridgehead atoms. The zero-order valence-corrected chi connectivity index (χ0v) is 19.6. The Labute approximate surface area is 187 Å². The lowest BCUT2D eigenvalue weighted by Gasteiger charge is -2.25. The van der Waals surface area contributed by atoms with Gasteiger partial charge in [0, 0.05) is 38.3 Å². The van der Waals surface area contributed by atoms with Crippen molar-refractivity contribution in [2.75, 3.05) is 33.4 Å². The molecule has 0 saturated carbocycles. The van der Waals surface area contributed by atoms with E-state index in [1.807, 2.05) is 10.9 Å². The summed E-state index contributed by atoms with van der Waals surface area (Å²) >= 11 is 0. The molecule has 7 nitrogen and oxygen atoms in total. The lowest BCUT2D eigenvalue weighted by atomic mass is 10.0. The van der Waals surface area contributed by atoms with Gasteiger partial charge in [-0.2, -0.15) is 0 Å². The first-order chi connectivity index (χ1) is 15.0. The number of aryl methyl sites for hydroxylation is 2. The van der Waals surface area contributed by atoms with E-state index < -0.39 is 0 Å². The van der Waals surface area contributed by atoms with Crippen molar-refractivity contribution in [1.29, 1.82) is 0 Å². The summed E-state index contributed by atoms with van der Waals surface area (Å²) in [5, 5.41) is 11.5. The number of rotatable bonds is 15. The van der Waals surface area contributed by atoms with Crippen molar-refractivity contribution < 1.29 is 9.53 Å². The van der Waals surface area contributed by atoms with E-state index >= 15 is 0 Å². The summed E-state index contributed by atoms with van der Waals surface area (Å²) in [4.78, 5) is 14.3. The summed E-state index contributed by atoms with van der Waals surface area (Å²) in [5.74, 6) is 0.0342. The van der Waals surface area contributed by atoms with Crippen LogP contribution in [0.1, 0.15) is 52.0 Å². The van der Waals surface area contributed by atoms with Crippen molar-refractivity contribution in [3.05, 3.63) is 36.0 Å². The Morgan fingerprint density at radius 2 is 1.97 bits per heavy atom. The van der Waals surface area contributed by atoms with Gasteiger partial charge >= 0.3 is 0 Å². The van der Waals surface area contributed by atoms with Crippen LogP contribution in [-0.4, -0.2) is 65.2 Å². The monoisotopic (exact) mass is 429 g/mol. The Bertz CT molecular complexity index is 758. The third-order valence-corrected chi connectivity index (χ3v) is 5.40. The van der Waals surface area contributed by atoms with Gasteiger partial charge in [0.2, 0.25) is 5.91 Å². The first-order valence-electron chi connectivity index (χ1n) is 11.5. The van der Waals surface area contributed by atoms with E-state index in [4.69, 9.17) is 4.74 Å². The van der Waals surface area contributed by atoms with Gasteiger partial charge in [-0.1, -0.05) is 49.2 Å². The normalized spacial score (nSPS) is 11.4. The number of carbonyl (C=O) groups excluding carboxylic acids is 1. The molecule has 0 aliphatic rings. The molecule has 7 heteroatoms. The summed E-state index contributed by atoms with van der Waals surface area (Å²) in [6.07, 6.45) is 7.82. The van der Waals surface area contributed by atoms with E-state index in [1.54, 1.807) is 7.11 Å². The lowest BCUT2D eigenvalue weighted by molar-refractivity contribution is -0.122. The number of aromatic nitrogens is 3. The maximum absolute atomic E-state index is 12.1. The minimum atomic E-state index is 0.0342. The van der Waals surface area contributed by atoms with Gasteiger partial charge in [0.1, 0.15) is 5.69 Å². The average Bonchev–Trinajstić information content (AvgIpc) is 3.23. The van der Waals surface area contributed by atoms with Crippen molar-refractivity contribution in [3.8, 4) is 11.3 Å². The highest BCUT2D eigenvalue weighted by molar-refractivity contribution is 5.78. The smallest absolute Gasteiger partial charge is 0.234 e. The Hall–Kier alpha value is -2.25. The number of methoxy groups -OCH3 is 1. The highest BCUT2D eigenvalue weighted by Crippen LogP contribution is 2.18. The van der Waals surface area contributed by atoms with E-state index in [0.29, 0.717) is 25.7 Å². The van der Waals surface area contributed by atoms with E-state index in [0.717, 1.165) is 37.2 Å². The van der Waals surface area contributed by atoms with Gasteiger partial charge in [-0.15, -0.1) is 5.10 Å². The first-order valence-corrected chi connectivity index (χ1v) is 11.5. The molecule has 172 valence electrons. The number of unbranched alkanes of at least 4 members (excludes halogenated alkanes) is 2. The third kappa shape index (κ3) is 9.19. The number of nitrogens with one attached hydrogen (secondary N) is 1. The molecular weight excluding hydrogens is 390 g/mol. The van der Waals surface area contributed by atoms with Crippen molar-refractivity contribution in [1.82, 2.24) is 25.2 Å². The van der Waals surface area contributed by atoms with Crippen LogP contribution in [0.5, 0.6) is 0 Å². The lowest BCUT2D eigenvalue weighted by Crippen LogP contribution is -2.42. The molecule has 1 aromatic carbocycles. The number of nitrogens with zero attached hydrogens (tertiary/aromatic N) is 4. The fraction of sp³-hybridized carbons (Fsp3) is 0.625. The fourth-order valence-corrected chi connectivity index (χ4v) is 3.45. The van der Waals surface area contributed by atoms with Crippen molar-refractivity contribution in [2.45, 2.75) is 65.5 Å². The van der Waals surface area contributed by atoms with Crippen molar-refractivity contribution in [3.63, 3.8) is 0 Å². The van der Waals surface area contributed by atoms with E-state index in [1.165, 1.54) is 24.8 Å². The average molecular weight is 430 g/mol. The van der Waals surface area contributed by atoms with Crippen LogP contribution in [-0.2, 0) is 22.5 Å². The van der Waals surface area contributed by atoms with Crippen molar-refractivity contribution >= 4 is 5.91 Å². The Kier molecular flexibility index (Phi) is 11.2. The van der Waals surface area contributed by atoms with E-state index in [9.17, 15) is 4.79 Å². The number of hydrogen-bond acceptors (Lipinski definition) is 5. The van der Waals surface area contributed by atoms with Crippen LogP contribution >= 0.6 is 0 Å². The van der Waals surface area contributed by atoms with Crippen LogP contribution in [0.15, 0.2) is 30.5 Å². The summed E-state index contributed by atoms with van der Waals surface area (Å²) in [7, 11) is 1.63. The van der Waals surface area contributed by atoms with Gasteiger partial charge in [-0.3, -0.25) is 14.4 Å². The summed E-state index contributed by atoms with van der Waals surface area (Å²) in [6, 6.07) is 8.97. The van der Waals surface area contributed by atoms with Gasteiger partial charge in [-0.25, -0.2) is 0 Å². The molecule has 0 aliphatic heterocycles. The molecule has 0 spiro atoms. The van der Waals surface area contributed by atoms with Crippen LogP contribution in [0, 0.1) is 0 Å². The van der Waals surface area contributed by atoms with Gasteiger partial charge in [0.25, 0.3) is 0 Å². The molecule has 2 aromatic rings. The molecule has 0 radical (unpaired) electrons. The van der Waals surface area contributed by atoms with Crippen LogP contribution < -0.4 is 5.32 Å². The molecule has 1 aromatic heterocycles. The zero-order chi connectivity index (χ0) is 22.5. The second kappa shape index (κ2) is 13.9. The SMILES string of the molecule is CCCCCc1ccc(-c2cn(CCCN(CC(=O)NCCOC)C(C)C)nn2)cc1. The highest BCUT2D eigenvalue weighted by atomic mass is 16.5. The number of hydrogen-bond donors (Lipinski definition) is 1. The quantitative estimate of drug-likeness (QED) is 0.439. The van der Waals surface area contributed by atoms with Crippen LogP contribution in [0.2, 0.25) is 0 Å². The van der Waals surface area contributed by atoms with E-state index in [2.05, 4.69) is 65.6 Å². The number of ether oxygens (including phenoxy) is 1. The summed E-state index contributed by atoms with van der Waals surface area (Å²) in [6.45, 7) is 9.53. The largest absolute Gasteiger partial charge is 0.383 e. The molecule has 0 unspecified atom stereocenters. The molecule has 0 fully saturated rings. The second-order valence-corrected chi connectivity index (χ2v) is 8.28. The minimum Gasteiger partial charge on any atom is -0.383 e. The maximum Gasteiger partial charge on any atom is 0.234 e. The molecule has 31 heavy (non-hydrogen) atoms. The molecule has 1 amide bonds. The van der Waals surface area contributed by atoms with Gasteiger partial charge < -0.3 is 10.1 Å². The van der Waals surface area contributed by atoms with Crippen LogP contribution in [0.25, 0.3) is 11.3 Å². The number of amides is 1. The minimum absolute atomic E-state index is 0.0342. The summed E-state index contributed by atoms with van der Waals surface area (Å²) < 4.78 is 6.86. The fourth-order valence-electron chi connectivity index (χ4n) is 3.45. The van der Waals surface area contributed by atoms with Crippen LogP contribution in [0.3, 0.4) is 0 Å². The van der Waals surface area contributed by atoms with Gasteiger partial charge in [0.15, 0.2) is 0 Å². The van der Waals surface area contributed by atoms with E-state index in [-0.39, 0.29) is 5.91 Å². The Morgan fingerprint density at radius 1 is 1.19 bits per heavy atom. The molecular formula is C24H39N5O2. The summed E-state index contributed by atoms with van der Waals surface area (Å²) in [5.41, 5.74) is 3.38. The highest BCUT2D eigenvalue weighted by Gasteiger charge is 2.14. The molecule has 1 heterocycles. The first kappa shape index (κ1) is 25.0. The molecule has 2 rings (SSSR count).